The lowest BCUT2D eigenvalue weighted by molar-refractivity contribution is -0.137. The smallest absolute Gasteiger partial charge is 0.416 e. The van der Waals surface area contributed by atoms with Gasteiger partial charge in [0, 0.05) is 5.88 Å². The van der Waals surface area contributed by atoms with Crippen molar-refractivity contribution in [2.45, 2.75) is 40.0 Å². The SMILES string of the molecule is C#CC.C/C=C(\C=C/CCl)C(Oc1cccc(C(F)(F)F)c1)C(=O)Cl.CC. The number of carbonyl (C=O) groups is 1. The molecule has 0 heterocycles. The maximum atomic E-state index is 12.7. The van der Waals surface area contributed by atoms with E-state index in [0.717, 1.165) is 12.1 Å². The van der Waals surface area contributed by atoms with Gasteiger partial charge in [0.1, 0.15) is 5.75 Å². The van der Waals surface area contributed by atoms with Gasteiger partial charge in [-0.15, -0.1) is 23.9 Å². The standard InChI is InChI=1S/C15H13Cl2F3O2.C3H4.C2H6/c1-2-10(5-4-8-16)13(14(17)21)22-12-7-3-6-11(9-12)15(18,19)20;1-3-2;1-2/h2-7,9,13H,8H2,1H3;1H,2H3;1-2H3/b5-4-,10-2+;;. The first-order valence-electron chi connectivity index (χ1n) is 8.00. The lowest BCUT2D eigenvalue weighted by atomic mass is 10.1. The topological polar surface area (TPSA) is 26.3 Å². The van der Waals surface area contributed by atoms with Gasteiger partial charge in [-0.1, -0.05) is 38.1 Å². The van der Waals surface area contributed by atoms with E-state index in [2.05, 4.69) is 12.3 Å². The van der Waals surface area contributed by atoms with Gasteiger partial charge in [-0.25, -0.2) is 0 Å². The fourth-order valence-electron chi connectivity index (χ4n) is 1.64. The van der Waals surface area contributed by atoms with Gasteiger partial charge >= 0.3 is 6.18 Å². The molecule has 1 unspecified atom stereocenters. The molecule has 0 saturated heterocycles. The molecule has 2 nitrogen and oxygen atoms in total. The van der Waals surface area contributed by atoms with Gasteiger partial charge in [0.15, 0.2) is 6.10 Å². The third kappa shape index (κ3) is 11.4. The van der Waals surface area contributed by atoms with Crippen molar-refractivity contribution in [1.29, 1.82) is 0 Å². The predicted molar refractivity (Wildman–Crippen MR) is 106 cm³/mol. The summed E-state index contributed by atoms with van der Waals surface area (Å²) in [5.74, 6) is 2.36. The highest BCUT2D eigenvalue weighted by Gasteiger charge is 2.31. The van der Waals surface area contributed by atoms with Gasteiger partial charge in [0.25, 0.3) is 5.24 Å². The zero-order chi connectivity index (χ0) is 21.5. The summed E-state index contributed by atoms with van der Waals surface area (Å²) < 4.78 is 43.3. The number of terminal acetylenes is 1. The van der Waals surface area contributed by atoms with E-state index < -0.39 is 23.1 Å². The van der Waals surface area contributed by atoms with E-state index in [0.29, 0.717) is 5.57 Å². The monoisotopic (exact) mass is 422 g/mol. The largest absolute Gasteiger partial charge is 0.477 e. The van der Waals surface area contributed by atoms with Crippen molar-refractivity contribution in [3.05, 3.63) is 53.6 Å². The Morgan fingerprint density at radius 2 is 1.93 bits per heavy atom. The zero-order valence-electron chi connectivity index (χ0n) is 15.6. The van der Waals surface area contributed by atoms with Crippen LogP contribution in [0.4, 0.5) is 13.2 Å². The maximum absolute atomic E-state index is 12.7. The summed E-state index contributed by atoms with van der Waals surface area (Å²) in [6.45, 7) is 7.30. The number of ether oxygens (including phenoxy) is 1. The normalized spacial score (nSPS) is 12.1. The first kappa shape index (κ1) is 27.3. The minimum Gasteiger partial charge on any atom is -0.477 e. The van der Waals surface area contributed by atoms with Crippen molar-refractivity contribution in [2.75, 3.05) is 5.88 Å². The Labute approximate surface area is 169 Å². The molecule has 0 fully saturated rings. The number of hydrogen-bond acceptors (Lipinski definition) is 2. The van der Waals surface area contributed by atoms with E-state index in [1.165, 1.54) is 18.2 Å². The Morgan fingerprint density at radius 1 is 1.37 bits per heavy atom. The summed E-state index contributed by atoms with van der Waals surface area (Å²) in [4.78, 5) is 11.5. The molecule has 0 aromatic heterocycles. The molecule has 0 radical (unpaired) electrons. The molecule has 0 spiro atoms. The van der Waals surface area contributed by atoms with Crippen LogP contribution in [-0.2, 0) is 11.0 Å². The average molecular weight is 423 g/mol. The van der Waals surface area contributed by atoms with Gasteiger partial charge in [0.05, 0.1) is 5.56 Å². The number of benzene rings is 1. The summed E-state index contributed by atoms with van der Waals surface area (Å²) >= 11 is 11.0. The van der Waals surface area contributed by atoms with Crippen LogP contribution in [0.25, 0.3) is 0 Å². The highest BCUT2D eigenvalue weighted by atomic mass is 35.5. The summed E-state index contributed by atoms with van der Waals surface area (Å²) in [6, 6.07) is 4.23. The lowest BCUT2D eigenvalue weighted by Crippen LogP contribution is -2.25. The fourth-order valence-corrected chi connectivity index (χ4v) is 1.90. The third-order valence-corrected chi connectivity index (χ3v) is 3.03. The maximum Gasteiger partial charge on any atom is 0.416 e. The Morgan fingerprint density at radius 3 is 2.33 bits per heavy atom. The highest BCUT2D eigenvalue weighted by molar-refractivity contribution is 6.65. The van der Waals surface area contributed by atoms with Gasteiger partial charge in [-0.05, 0) is 49.2 Å². The van der Waals surface area contributed by atoms with Crippen LogP contribution in [0.15, 0.2) is 48.1 Å². The van der Waals surface area contributed by atoms with E-state index in [-0.39, 0.29) is 11.6 Å². The quantitative estimate of drug-likeness (QED) is 0.222. The van der Waals surface area contributed by atoms with Crippen LogP contribution in [0, 0.1) is 12.3 Å². The number of rotatable bonds is 6. The van der Waals surface area contributed by atoms with Crippen LogP contribution in [0.3, 0.4) is 0 Å². The van der Waals surface area contributed by atoms with E-state index in [1.54, 1.807) is 26.0 Å². The molecule has 7 heteroatoms. The molecular formula is C20H23Cl2F3O2. The van der Waals surface area contributed by atoms with Gasteiger partial charge in [-0.3, -0.25) is 4.79 Å². The van der Waals surface area contributed by atoms with Crippen LogP contribution in [0.2, 0.25) is 0 Å². The summed E-state index contributed by atoms with van der Waals surface area (Å²) in [7, 11) is 0. The van der Waals surface area contributed by atoms with Crippen LogP contribution < -0.4 is 4.74 Å². The van der Waals surface area contributed by atoms with Crippen molar-refractivity contribution >= 4 is 28.4 Å². The molecule has 1 rings (SSSR count). The molecule has 1 aromatic rings. The molecular weight excluding hydrogens is 400 g/mol. The average Bonchev–Trinajstić information content (AvgIpc) is 2.63. The predicted octanol–water partition coefficient (Wildman–Crippen LogP) is 6.63. The molecule has 0 amide bonds. The number of halogens is 5. The molecule has 0 aliphatic rings. The van der Waals surface area contributed by atoms with Crippen molar-refractivity contribution in [3.8, 4) is 18.1 Å². The minimum atomic E-state index is -4.50. The molecule has 0 saturated carbocycles. The van der Waals surface area contributed by atoms with Gasteiger partial charge < -0.3 is 4.74 Å². The van der Waals surface area contributed by atoms with Crippen molar-refractivity contribution in [2.24, 2.45) is 0 Å². The number of hydrogen-bond donors (Lipinski definition) is 0. The van der Waals surface area contributed by atoms with E-state index in [4.69, 9.17) is 27.9 Å². The summed E-state index contributed by atoms with van der Waals surface area (Å²) in [5, 5.41) is -0.843. The second kappa shape index (κ2) is 15.2. The molecule has 0 N–H and O–H groups in total. The van der Waals surface area contributed by atoms with E-state index in [9.17, 15) is 18.0 Å². The molecule has 150 valence electrons. The fraction of sp³-hybridized carbons (Fsp3) is 0.350. The minimum absolute atomic E-state index is 0.104. The Hall–Kier alpha value is -1.90. The second-order valence-electron chi connectivity index (χ2n) is 4.46. The second-order valence-corrected chi connectivity index (χ2v) is 5.14. The number of allylic oxidation sites excluding steroid dienone is 2. The molecule has 1 atom stereocenters. The van der Waals surface area contributed by atoms with Crippen LogP contribution in [0.5, 0.6) is 5.75 Å². The summed E-state index contributed by atoms with van der Waals surface area (Å²) in [6.07, 6.45) is 3.56. The van der Waals surface area contributed by atoms with E-state index in [1.807, 2.05) is 13.8 Å². The third-order valence-electron chi connectivity index (χ3n) is 2.66. The Balaban J connectivity index is 0. The molecule has 0 aliphatic carbocycles. The Bertz CT molecular complexity index is 660. The van der Waals surface area contributed by atoms with Crippen LogP contribution in [0.1, 0.15) is 33.3 Å². The van der Waals surface area contributed by atoms with Crippen LogP contribution in [-0.4, -0.2) is 17.2 Å². The Kier molecular flexibility index (Phi) is 15.4. The first-order valence-corrected chi connectivity index (χ1v) is 8.91. The number of carbonyl (C=O) groups excluding carboxylic acids is 1. The van der Waals surface area contributed by atoms with Crippen LogP contribution >= 0.6 is 23.2 Å². The molecule has 0 bridgehead atoms. The number of alkyl halides is 4. The molecule has 1 aromatic carbocycles. The van der Waals surface area contributed by atoms with Gasteiger partial charge in [-0.2, -0.15) is 13.2 Å². The van der Waals surface area contributed by atoms with E-state index >= 15 is 0 Å². The van der Waals surface area contributed by atoms with Crippen molar-refractivity contribution < 1.29 is 22.7 Å². The first-order chi connectivity index (χ1) is 12.7. The van der Waals surface area contributed by atoms with Crippen molar-refractivity contribution in [3.63, 3.8) is 0 Å². The highest BCUT2D eigenvalue weighted by Crippen LogP contribution is 2.32. The van der Waals surface area contributed by atoms with Gasteiger partial charge in [0.2, 0.25) is 0 Å². The van der Waals surface area contributed by atoms with Crippen molar-refractivity contribution in [1.82, 2.24) is 0 Å². The lowest BCUT2D eigenvalue weighted by Gasteiger charge is -2.17. The summed E-state index contributed by atoms with van der Waals surface area (Å²) in [5.41, 5.74) is -0.470. The molecule has 27 heavy (non-hydrogen) atoms. The zero-order valence-corrected chi connectivity index (χ0v) is 17.1. The molecule has 0 aliphatic heterocycles.